The molecule has 0 saturated heterocycles. The van der Waals surface area contributed by atoms with Gasteiger partial charge in [-0.15, -0.1) is 23.5 Å². The summed E-state index contributed by atoms with van der Waals surface area (Å²) >= 11 is 3.43. The van der Waals surface area contributed by atoms with Gasteiger partial charge in [0.15, 0.2) is 11.5 Å². The Balaban J connectivity index is 0.000000138. The van der Waals surface area contributed by atoms with Crippen LogP contribution in [0.5, 0.6) is 0 Å². The Labute approximate surface area is 102 Å². The van der Waals surface area contributed by atoms with E-state index in [4.69, 9.17) is 8.83 Å². The predicted molar refractivity (Wildman–Crippen MR) is 69.9 cm³/mol. The van der Waals surface area contributed by atoms with E-state index in [9.17, 15) is 0 Å². The lowest BCUT2D eigenvalue weighted by atomic mass is 10.3. The van der Waals surface area contributed by atoms with Gasteiger partial charge >= 0.3 is 0 Å². The second-order valence-electron chi connectivity index (χ2n) is 2.77. The number of hydrogen-bond donors (Lipinski definition) is 0. The van der Waals surface area contributed by atoms with Crippen LogP contribution in [0.15, 0.2) is 67.3 Å². The fraction of sp³-hybridized carbons (Fsp3) is 0. The van der Waals surface area contributed by atoms with Gasteiger partial charge in [0.2, 0.25) is 0 Å². The first-order valence-corrected chi connectivity index (χ1v) is 6.54. The van der Waals surface area contributed by atoms with Gasteiger partial charge in [0.1, 0.15) is 0 Å². The van der Waals surface area contributed by atoms with Crippen LogP contribution in [0, 0.1) is 0 Å². The molecule has 0 saturated carbocycles. The highest BCUT2D eigenvalue weighted by Crippen LogP contribution is 2.19. The molecule has 0 aliphatic carbocycles. The number of rotatable bonds is 1. The second-order valence-corrected chi connectivity index (χ2v) is 4.40. The molecule has 3 rings (SSSR count). The van der Waals surface area contributed by atoms with Gasteiger partial charge < -0.3 is 8.83 Å². The summed E-state index contributed by atoms with van der Waals surface area (Å²) in [6, 6.07) is 7.38. The highest BCUT2D eigenvalue weighted by molar-refractivity contribution is 8.11. The molecule has 2 aromatic heterocycles. The smallest absolute Gasteiger partial charge is 0.169 e. The molecule has 0 N–H and O–H groups in total. The van der Waals surface area contributed by atoms with Gasteiger partial charge in [-0.1, -0.05) is 0 Å². The van der Waals surface area contributed by atoms with Crippen LogP contribution in [0.25, 0.3) is 11.5 Å². The molecular formula is C12H10O2S2. The fourth-order valence-corrected chi connectivity index (χ4v) is 2.26. The van der Waals surface area contributed by atoms with Crippen LogP contribution in [-0.2, 0) is 0 Å². The maximum absolute atomic E-state index is 5.08. The zero-order valence-electron chi connectivity index (χ0n) is 8.41. The molecule has 0 bridgehead atoms. The molecule has 0 atom stereocenters. The average molecular weight is 250 g/mol. The van der Waals surface area contributed by atoms with Crippen molar-refractivity contribution in [2.45, 2.75) is 0 Å². The zero-order valence-corrected chi connectivity index (χ0v) is 10.0. The summed E-state index contributed by atoms with van der Waals surface area (Å²) in [5.41, 5.74) is 0. The first-order valence-electron chi connectivity index (χ1n) is 4.65. The highest BCUT2D eigenvalue weighted by atomic mass is 32.2. The van der Waals surface area contributed by atoms with Crippen LogP contribution in [0.4, 0.5) is 0 Å². The van der Waals surface area contributed by atoms with Crippen molar-refractivity contribution < 1.29 is 8.83 Å². The van der Waals surface area contributed by atoms with E-state index in [1.165, 1.54) is 0 Å². The van der Waals surface area contributed by atoms with E-state index in [0.717, 1.165) is 11.5 Å². The topological polar surface area (TPSA) is 26.3 Å². The Kier molecular flexibility index (Phi) is 4.46. The van der Waals surface area contributed by atoms with Gasteiger partial charge in [-0.05, 0) is 45.9 Å². The molecule has 2 nitrogen and oxygen atoms in total. The molecule has 3 heterocycles. The summed E-state index contributed by atoms with van der Waals surface area (Å²) in [5, 5.41) is 8.24. The van der Waals surface area contributed by atoms with Crippen molar-refractivity contribution in [3.8, 4) is 11.5 Å². The molecule has 16 heavy (non-hydrogen) atoms. The summed E-state index contributed by atoms with van der Waals surface area (Å²) in [6.07, 6.45) is 3.25. The van der Waals surface area contributed by atoms with E-state index in [2.05, 4.69) is 21.6 Å². The van der Waals surface area contributed by atoms with Gasteiger partial charge in [0, 0.05) is 0 Å². The van der Waals surface area contributed by atoms with Crippen molar-refractivity contribution in [1.82, 2.24) is 0 Å². The second kappa shape index (κ2) is 6.35. The van der Waals surface area contributed by atoms with E-state index in [0.29, 0.717) is 0 Å². The Morgan fingerprint density at radius 2 is 1.12 bits per heavy atom. The van der Waals surface area contributed by atoms with Crippen LogP contribution in [-0.4, -0.2) is 0 Å². The summed E-state index contributed by atoms with van der Waals surface area (Å²) < 4.78 is 10.2. The van der Waals surface area contributed by atoms with Gasteiger partial charge in [0.25, 0.3) is 0 Å². The molecular weight excluding hydrogens is 240 g/mol. The zero-order chi connectivity index (χ0) is 11.1. The van der Waals surface area contributed by atoms with Gasteiger partial charge in [-0.25, -0.2) is 0 Å². The fourth-order valence-electron chi connectivity index (χ4n) is 1.06. The lowest BCUT2D eigenvalue weighted by Crippen LogP contribution is -1.61. The molecule has 82 valence electrons. The molecule has 0 unspecified atom stereocenters. The van der Waals surface area contributed by atoms with Crippen molar-refractivity contribution in [2.24, 2.45) is 0 Å². The minimum atomic E-state index is 0.769. The van der Waals surface area contributed by atoms with Crippen LogP contribution in [0.1, 0.15) is 0 Å². The summed E-state index contributed by atoms with van der Waals surface area (Å²) in [4.78, 5) is 0. The highest BCUT2D eigenvalue weighted by Gasteiger charge is 2.00. The Morgan fingerprint density at radius 3 is 1.38 bits per heavy atom. The molecule has 0 spiro atoms. The third-order valence-corrected chi connectivity index (χ3v) is 3.23. The van der Waals surface area contributed by atoms with Crippen LogP contribution < -0.4 is 0 Å². The standard InChI is InChI=1S/C8H6O2.C4H4S2/c1-3-7(9-5-1)8-4-2-6-10-8;1-2-6-4-3-5-1/h1-6H;1-4H. The Morgan fingerprint density at radius 1 is 0.688 bits per heavy atom. The third kappa shape index (κ3) is 3.40. The van der Waals surface area contributed by atoms with E-state index in [-0.39, 0.29) is 0 Å². The van der Waals surface area contributed by atoms with E-state index >= 15 is 0 Å². The molecule has 1 aliphatic heterocycles. The summed E-state index contributed by atoms with van der Waals surface area (Å²) in [6.45, 7) is 0. The maximum Gasteiger partial charge on any atom is 0.169 e. The Hall–Kier alpha value is -1.26. The molecule has 0 fully saturated rings. The van der Waals surface area contributed by atoms with Crippen LogP contribution in [0.3, 0.4) is 0 Å². The first-order chi connectivity index (χ1) is 7.97. The van der Waals surface area contributed by atoms with Gasteiger partial charge in [-0.3, -0.25) is 0 Å². The van der Waals surface area contributed by atoms with E-state index < -0.39 is 0 Å². The summed E-state index contributed by atoms with van der Waals surface area (Å²) in [5.74, 6) is 1.54. The monoisotopic (exact) mass is 250 g/mol. The van der Waals surface area contributed by atoms with E-state index in [1.807, 2.05) is 24.3 Å². The quantitative estimate of drug-likeness (QED) is 0.715. The minimum Gasteiger partial charge on any atom is -0.461 e. The SMILES string of the molecule is C1=CSC=CS1.c1coc(-c2ccco2)c1. The van der Waals surface area contributed by atoms with E-state index in [1.54, 1.807) is 36.1 Å². The molecule has 0 radical (unpaired) electrons. The van der Waals surface area contributed by atoms with Crippen molar-refractivity contribution in [3.05, 3.63) is 58.4 Å². The molecule has 0 amide bonds. The van der Waals surface area contributed by atoms with Crippen LogP contribution >= 0.6 is 23.5 Å². The largest absolute Gasteiger partial charge is 0.461 e. The van der Waals surface area contributed by atoms with Gasteiger partial charge in [-0.2, -0.15) is 0 Å². The number of hydrogen-bond acceptors (Lipinski definition) is 4. The Bertz CT molecular complexity index is 389. The average Bonchev–Trinajstić information content (AvgIpc) is 3.05. The van der Waals surface area contributed by atoms with Crippen molar-refractivity contribution >= 4 is 23.5 Å². The molecule has 0 aromatic carbocycles. The summed E-state index contributed by atoms with van der Waals surface area (Å²) in [7, 11) is 0. The maximum atomic E-state index is 5.08. The van der Waals surface area contributed by atoms with Crippen molar-refractivity contribution in [2.75, 3.05) is 0 Å². The van der Waals surface area contributed by atoms with Gasteiger partial charge in [0.05, 0.1) is 12.5 Å². The normalized spacial score (nSPS) is 13.2. The predicted octanol–water partition coefficient (Wildman–Crippen LogP) is 4.95. The molecule has 1 aliphatic rings. The minimum absolute atomic E-state index is 0.769. The third-order valence-electron chi connectivity index (χ3n) is 1.71. The van der Waals surface area contributed by atoms with Crippen molar-refractivity contribution in [1.29, 1.82) is 0 Å². The lowest BCUT2D eigenvalue weighted by Gasteiger charge is -1.86. The van der Waals surface area contributed by atoms with Crippen molar-refractivity contribution in [3.63, 3.8) is 0 Å². The number of thioether (sulfide) groups is 2. The van der Waals surface area contributed by atoms with Crippen LogP contribution in [0.2, 0.25) is 0 Å². The number of furan rings is 2. The molecule has 2 aromatic rings. The molecule has 4 heteroatoms. The lowest BCUT2D eigenvalue weighted by molar-refractivity contribution is 0.524. The first kappa shape index (κ1) is 11.2.